The predicted octanol–water partition coefficient (Wildman–Crippen LogP) is 0.839. The number of benzene rings is 1. The van der Waals surface area contributed by atoms with Gasteiger partial charge in [0.05, 0.1) is 18.1 Å². The number of nitro groups is 1. The van der Waals surface area contributed by atoms with Crippen LogP contribution in [-0.4, -0.2) is 36.0 Å². The number of nitro benzene ring substituents is 1. The van der Waals surface area contributed by atoms with E-state index in [1.54, 1.807) is 13.8 Å². The van der Waals surface area contributed by atoms with Crippen LogP contribution in [0.1, 0.15) is 24.2 Å². The molecule has 0 aliphatic heterocycles. The fourth-order valence-electron chi connectivity index (χ4n) is 1.63. The van der Waals surface area contributed by atoms with Crippen LogP contribution in [-0.2, 0) is 19.1 Å². The zero-order valence-corrected chi connectivity index (χ0v) is 13.6. The summed E-state index contributed by atoms with van der Waals surface area (Å²) in [4.78, 5) is 45.4. The number of carbonyl (C=O) groups excluding carboxylic acids is 3. The molecule has 0 atom stereocenters. The molecule has 1 rings (SSSR count). The molecule has 1 aromatic rings. The quantitative estimate of drug-likeness (QED) is 0.175. The van der Waals surface area contributed by atoms with Crippen LogP contribution in [0.5, 0.6) is 0 Å². The van der Waals surface area contributed by atoms with Gasteiger partial charge in [0, 0.05) is 23.9 Å². The molecule has 0 aromatic heterocycles. The smallest absolute Gasteiger partial charge is 0.347 e. The van der Waals surface area contributed by atoms with Gasteiger partial charge < -0.3 is 14.9 Å². The first-order valence-electron chi connectivity index (χ1n) is 7.25. The lowest BCUT2D eigenvalue weighted by molar-refractivity contribution is -0.384. The normalized spacial score (nSPS) is 9.52. The number of nitrogens with one attached hydrogen (secondary N) is 2. The highest BCUT2D eigenvalue weighted by Gasteiger charge is 2.21. The topological polar surface area (TPSA) is 137 Å². The molecular formula is C15H17N3O7. The number of esters is 2. The molecule has 0 aliphatic rings. The molecule has 0 bridgehead atoms. The number of hydrazine groups is 1. The molecular weight excluding hydrogens is 334 g/mol. The van der Waals surface area contributed by atoms with Crippen molar-refractivity contribution in [1.82, 2.24) is 10.9 Å². The summed E-state index contributed by atoms with van der Waals surface area (Å²) in [5.41, 5.74) is 3.79. The van der Waals surface area contributed by atoms with Gasteiger partial charge in [0.1, 0.15) is 0 Å². The lowest BCUT2D eigenvalue weighted by Crippen LogP contribution is -2.35. The summed E-state index contributed by atoms with van der Waals surface area (Å²) in [5, 5.41) is 10.7. The van der Waals surface area contributed by atoms with Gasteiger partial charge in [-0.1, -0.05) is 6.07 Å². The second-order valence-corrected chi connectivity index (χ2v) is 4.40. The van der Waals surface area contributed by atoms with Gasteiger partial charge in [-0.25, -0.2) is 9.59 Å². The van der Waals surface area contributed by atoms with E-state index in [9.17, 15) is 24.5 Å². The van der Waals surface area contributed by atoms with Gasteiger partial charge in [-0.3, -0.25) is 20.3 Å². The van der Waals surface area contributed by atoms with Crippen molar-refractivity contribution < 1.29 is 28.8 Å². The summed E-state index contributed by atoms with van der Waals surface area (Å²) in [7, 11) is 0. The molecule has 134 valence electrons. The summed E-state index contributed by atoms with van der Waals surface area (Å²) < 4.78 is 9.44. The molecule has 0 radical (unpaired) electrons. The van der Waals surface area contributed by atoms with Crippen LogP contribution in [0.15, 0.2) is 36.0 Å². The Bertz CT molecular complexity index is 680. The van der Waals surface area contributed by atoms with Crippen molar-refractivity contribution in [3.63, 3.8) is 0 Å². The monoisotopic (exact) mass is 351 g/mol. The first-order chi connectivity index (χ1) is 11.9. The van der Waals surface area contributed by atoms with Crippen molar-refractivity contribution in [3.8, 4) is 0 Å². The Morgan fingerprint density at radius 2 is 1.76 bits per heavy atom. The van der Waals surface area contributed by atoms with E-state index in [0.29, 0.717) is 0 Å². The number of non-ortho nitro benzene ring substituents is 1. The van der Waals surface area contributed by atoms with Gasteiger partial charge in [0.2, 0.25) is 0 Å². The number of carbonyl (C=O) groups is 3. The first kappa shape index (κ1) is 19.6. The molecule has 0 saturated carbocycles. The molecule has 2 N–H and O–H groups in total. The number of hydrogen-bond donors (Lipinski definition) is 2. The fourth-order valence-corrected chi connectivity index (χ4v) is 1.63. The van der Waals surface area contributed by atoms with Gasteiger partial charge in [-0.05, 0) is 19.9 Å². The van der Waals surface area contributed by atoms with Crippen LogP contribution in [0.25, 0.3) is 0 Å². The Morgan fingerprint density at radius 3 is 2.28 bits per heavy atom. The van der Waals surface area contributed by atoms with Crippen molar-refractivity contribution in [2.45, 2.75) is 13.8 Å². The predicted molar refractivity (Wildman–Crippen MR) is 85.0 cm³/mol. The van der Waals surface area contributed by atoms with Crippen molar-refractivity contribution in [1.29, 1.82) is 0 Å². The van der Waals surface area contributed by atoms with E-state index in [1.165, 1.54) is 18.2 Å². The third kappa shape index (κ3) is 5.94. The van der Waals surface area contributed by atoms with E-state index in [0.717, 1.165) is 12.3 Å². The third-order valence-corrected chi connectivity index (χ3v) is 2.71. The maximum Gasteiger partial charge on any atom is 0.347 e. The average molecular weight is 351 g/mol. The maximum atomic E-state index is 11.9. The van der Waals surface area contributed by atoms with Gasteiger partial charge in [0.15, 0.2) is 5.57 Å². The zero-order chi connectivity index (χ0) is 18.8. The minimum atomic E-state index is -0.918. The van der Waals surface area contributed by atoms with Crippen LogP contribution in [0, 0.1) is 10.1 Å². The lowest BCUT2D eigenvalue weighted by Gasteiger charge is -2.08. The molecule has 0 fully saturated rings. The van der Waals surface area contributed by atoms with E-state index in [4.69, 9.17) is 9.47 Å². The number of ether oxygens (including phenoxy) is 2. The van der Waals surface area contributed by atoms with Gasteiger partial charge in [0.25, 0.3) is 11.6 Å². The largest absolute Gasteiger partial charge is 0.462 e. The Kier molecular flexibility index (Phi) is 7.57. The van der Waals surface area contributed by atoms with Crippen molar-refractivity contribution in [2.24, 2.45) is 0 Å². The van der Waals surface area contributed by atoms with E-state index >= 15 is 0 Å². The number of hydrogen-bond acceptors (Lipinski definition) is 8. The van der Waals surface area contributed by atoms with Crippen molar-refractivity contribution in [2.75, 3.05) is 13.2 Å². The Morgan fingerprint density at radius 1 is 1.16 bits per heavy atom. The molecule has 1 amide bonds. The lowest BCUT2D eigenvalue weighted by atomic mass is 10.2. The number of nitrogens with zero attached hydrogens (tertiary/aromatic N) is 1. The minimum Gasteiger partial charge on any atom is -0.462 e. The van der Waals surface area contributed by atoms with Crippen LogP contribution in [0.4, 0.5) is 5.69 Å². The molecule has 0 spiro atoms. The van der Waals surface area contributed by atoms with Crippen LogP contribution in [0.3, 0.4) is 0 Å². The number of amides is 1. The molecule has 0 unspecified atom stereocenters. The standard InChI is InChI=1S/C15H17N3O7/c1-3-24-14(20)12(15(21)25-4-2)9-16-17-13(19)10-6-5-7-11(8-10)18(22)23/h5-9,16H,3-4H2,1-2H3,(H,17,19). The molecule has 0 heterocycles. The Balaban J connectivity index is 2.81. The molecule has 10 heteroatoms. The van der Waals surface area contributed by atoms with E-state index in [1.807, 2.05) is 0 Å². The highest BCUT2D eigenvalue weighted by Crippen LogP contribution is 2.12. The van der Waals surface area contributed by atoms with E-state index in [2.05, 4.69) is 10.9 Å². The maximum absolute atomic E-state index is 11.9. The minimum absolute atomic E-state index is 0.0175. The Labute approximate surface area is 142 Å². The Hall–Kier alpha value is -3.43. The average Bonchev–Trinajstić information content (AvgIpc) is 2.58. The summed E-state index contributed by atoms with van der Waals surface area (Å²) in [6.07, 6.45) is 0.922. The van der Waals surface area contributed by atoms with Gasteiger partial charge in [-0.2, -0.15) is 0 Å². The highest BCUT2D eigenvalue weighted by molar-refractivity contribution is 6.14. The van der Waals surface area contributed by atoms with E-state index < -0.39 is 28.3 Å². The van der Waals surface area contributed by atoms with Crippen LogP contribution < -0.4 is 10.9 Å². The highest BCUT2D eigenvalue weighted by atomic mass is 16.6. The van der Waals surface area contributed by atoms with Crippen LogP contribution in [0.2, 0.25) is 0 Å². The second-order valence-electron chi connectivity index (χ2n) is 4.40. The molecule has 1 aromatic carbocycles. The molecule has 25 heavy (non-hydrogen) atoms. The van der Waals surface area contributed by atoms with E-state index in [-0.39, 0.29) is 24.5 Å². The van der Waals surface area contributed by atoms with Gasteiger partial charge in [-0.15, -0.1) is 0 Å². The van der Waals surface area contributed by atoms with Crippen molar-refractivity contribution >= 4 is 23.5 Å². The number of rotatable bonds is 8. The zero-order valence-electron chi connectivity index (χ0n) is 13.6. The fraction of sp³-hybridized carbons (Fsp3) is 0.267. The summed E-state index contributed by atoms with van der Waals surface area (Å²) in [6, 6.07) is 5.04. The first-order valence-corrected chi connectivity index (χ1v) is 7.25. The molecule has 0 saturated heterocycles. The summed E-state index contributed by atoms with van der Waals surface area (Å²) >= 11 is 0. The second kappa shape index (κ2) is 9.65. The SMILES string of the molecule is CCOC(=O)C(=CNNC(=O)c1cccc([N+](=O)[O-])c1)C(=O)OCC. The summed E-state index contributed by atoms with van der Waals surface area (Å²) in [5.74, 6) is -2.54. The molecule has 10 nitrogen and oxygen atoms in total. The van der Waals surface area contributed by atoms with Gasteiger partial charge >= 0.3 is 11.9 Å². The molecule has 0 aliphatic carbocycles. The summed E-state index contributed by atoms with van der Waals surface area (Å²) in [6.45, 7) is 3.24. The van der Waals surface area contributed by atoms with Crippen LogP contribution >= 0.6 is 0 Å². The third-order valence-electron chi connectivity index (χ3n) is 2.71. The van der Waals surface area contributed by atoms with Crippen molar-refractivity contribution in [3.05, 3.63) is 51.7 Å².